The van der Waals surface area contributed by atoms with Crippen LogP contribution in [-0.2, 0) is 4.74 Å². The van der Waals surface area contributed by atoms with Gasteiger partial charge in [-0.3, -0.25) is 0 Å². The molecule has 0 spiro atoms. The largest absolute Gasteiger partial charge is 0.369 e. The summed E-state index contributed by atoms with van der Waals surface area (Å²) in [6, 6.07) is 6.06. The van der Waals surface area contributed by atoms with E-state index in [2.05, 4.69) is 27.4 Å². The molecular formula is C15H16ClN3OS. The van der Waals surface area contributed by atoms with Gasteiger partial charge in [-0.2, -0.15) is 0 Å². The van der Waals surface area contributed by atoms with Crippen LogP contribution in [0.25, 0.3) is 0 Å². The Morgan fingerprint density at radius 2 is 2.24 bits per heavy atom. The molecule has 2 fully saturated rings. The molecule has 6 heteroatoms. The third kappa shape index (κ3) is 2.91. The van der Waals surface area contributed by atoms with Crippen molar-refractivity contribution in [3.05, 3.63) is 39.4 Å². The van der Waals surface area contributed by atoms with Crippen molar-refractivity contribution in [3.8, 4) is 0 Å². The highest BCUT2D eigenvalue weighted by Crippen LogP contribution is 2.39. The van der Waals surface area contributed by atoms with Crippen molar-refractivity contribution in [2.75, 3.05) is 24.6 Å². The molecule has 1 atom stereocenters. The number of ether oxygens (including phenoxy) is 1. The van der Waals surface area contributed by atoms with Gasteiger partial charge in [-0.15, -0.1) is 11.3 Å². The topological polar surface area (TPSA) is 38.2 Å². The van der Waals surface area contributed by atoms with Crippen molar-refractivity contribution >= 4 is 28.8 Å². The summed E-state index contributed by atoms with van der Waals surface area (Å²) in [6.45, 7) is 2.38. The molecule has 4 nitrogen and oxygen atoms in total. The third-order valence-electron chi connectivity index (χ3n) is 3.89. The Kier molecular flexibility index (Phi) is 3.57. The van der Waals surface area contributed by atoms with Crippen LogP contribution in [0.2, 0.25) is 5.15 Å². The van der Waals surface area contributed by atoms with Gasteiger partial charge in [-0.1, -0.05) is 17.7 Å². The molecule has 0 radical (unpaired) electrons. The van der Waals surface area contributed by atoms with Crippen LogP contribution in [0, 0.1) is 0 Å². The molecule has 0 bridgehead atoms. The van der Waals surface area contributed by atoms with E-state index in [1.54, 1.807) is 11.3 Å². The van der Waals surface area contributed by atoms with E-state index in [-0.39, 0.29) is 6.10 Å². The zero-order valence-electron chi connectivity index (χ0n) is 11.5. The fraction of sp³-hybridized carbons (Fsp3) is 0.467. The Morgan fingerprint density at radius 1 is 1.33 bits per heavy atom. The summed E-state index contributed by atoms with van der Waals surface area (Å²) >= 11 is 7.91. The number of thiophene rings is 1. The van der Waals surface area contributed by atoms with E-state index in [1.165, 1.54) is 17.7 Å². The van der Waals surface area contributed by atoms with Gasteiger partial charge in [0.25, 0.3) is 0 Å². The summed E-state index contributed by atoms with van der Waals surface area (Å²) in [5, 5.41) is 2.63. The second-order valence-electron chi connectivity index (χ2n) is 5.50. The molecule has 0 amide bonds. The molecule has 1 saturated carbocycles. The van der Waals surface area contributed by atoms with Crippen LogP contribution in [-0.4, -0.2) is 29.7 Å². The molecule has 3 heterocycles. The normalized spacial score (nSPS) is 22.5. The van der Waals surface area contributed by atoms with Gasteiger partial charge in [0, 0.05) is 23.4 Å². The molecule has 2 aliphatic rings. The van der Waals surface area contributed by atoms with Gasteiger partial charge in [-0.05, 0) is 24.3 Å². The maximum absolute atomic E-state index is 6.17. The van der Waals surface area contributed by atoms with E-state index in [0.29, 0.717) is 17.7 Å². The molecule has 0 aromatic carbocycles. The minimum absolute atomic E-state index is 0.122. The minimum Gasteiger partial charge on any atom is -0.369 e. The standard InChI is InChI=1S/C15H16ClN3OS/c16-13-8-14(18-15(17-13)10-3-4-10)19-5-6-20-11(9-19)12-2-1-7-21-12/h1-2,7-8,10-11H,3-6,9H2. The van der Waals surface area contributed by atoms with Crippen LogP contribution in [0.15, 0.2) is 23.6 Å². The lowest BCUT2D eigenvalue weighted by atomic mass is 10.2. The van der Waals surface area contributed by atoms with Crippen molar-refractivity contribution in [2.45, 2.75) is 24.9 Å². The lowest BCUT2D eigenvalue weighted by Crippen LogP contribution is -2.38. The Balaban J connectivity index is 1.57. The van der Waals surface area contributed by atoms with Crippen LogP contribution in [0.4, 0.5) is 5.82 Å². The van der Waals surface area contributed by atoms with Gasteiger partial charge in [0.15, 0.2) is 0 Å². The smallest absolute Gasteiger partial charge is 0.135 e. The predicted octanol–water partition coefficient (Wildman–Crippen LogP) is 3.65. The Bertz CT molecular complexity index is 630. The number of rotatable bonds is 3. The van der Waals surface area contributed by atoms with E-state index >= 15 is 0 Å². The van der Waals surface area contributed by atoms with Crippen LogP contribution in [0.1, 0.15) is 35.6 Å². The molecular weight excluding hydrogens is 306 g/mol. The minimum atomic E-state index is 0.122. The molecule has 1 aliphatic heterocycles. The molecule has 0 N–H and O–H groups in total. The van der Waals surface area contributed by atoms with Gasteiger partial charge < -0.3 is 9.64 Å². The summed E-state index contributed by atoms with van der Waals surface area (Å²) in [4.78, 5) is 12.6. The highest BCUT2D eigenvalue weighted by molar-refractivity contribution is 7.10. The van der Waals surface area contributed by atoms with Crippen LogP contribution >= 0.6 is 22.9 Å². The number of hydrogen-bond donors (Lipinski definition) is 0. The lowest BCUT2D eigenvalue weighted by molar-refractivity contribution is 0.0418. The van der Waals surface area contributed by atoms with Gasteiger partial charge in [0.2, 0.25) is 0 Å². The predicted molar refractivity (Wildman–Crippen MR) is 84.2 cm³/mol. The number of morpholine rings is 1. The highest BCUT2D eigenvalue weighted by Gasteiger charge is 2.29. The van der Waals surface area contributed by atoms with Crippen LogP contribution in [0.3, 0.4) is 0 Å². The van der Waals surface area contributed by atoms with Gasteiger partial charge in [-0.25, -0.2) is 9.97 Å². The monoisotopic (exact) mass is 321 g/mol. The first-order valence-electron chi connectivity index (χ1n) is 7.24. The van der Waals surface area contributed by atoms with Crippen LogP contribution in [0.5, 0.6) is 0 Å². The van der Waals surface area contributed by atoms with Gasteiger partial charge in [0.05, 0.1) is 13.2 Å². The summed E-state index contributed by atoms with van der Waals surface area (Å²) < 4.78 is 5.89. The van der Waals surface area contributed by atoms with E-state index in [9.17, 15) is 0 Å². The molecule has 110 valence electrons. The Hall–Kier alpha value is -1.17. The van der Waals surface area contributed by atoms with Gasteiger partial charge >= 0.3 is 0 Å². The maximum Gasteiger partial charge on any atom is 0.135 e. The first kappa shape index (κ1) is 13.5. The molecule has 1 saturated heterocycles. The SMILES string of the molecule is Clc1cc(N2CCOC(c3cccs3)C2)nc(C2CC2)n1. The lowest BCUT2D eigenvalue weighted by Gasteiger charge is -2.33. The zero-order valence-corrected chi connectivity index (χ0v) is 13.1. The van der Waals surface area contributed by atoms with Crippen LogP contribution < -0.4 is 4.90 Å². The van der Waals surface area contributed by atoms with Crippen molar-refractivity contribution < 1.29 is 4.74 Å². The van der Waals surface area contributed by atoms with Gasteiger partial charge in [0.1, 0.15) is 22.9 Å². The molecule has 4 rings (SSSR count). The zero-order chi connectivity index (χ0) is 14.2. The van der Waals surface area contributed by atoms with E-state index in [4.69, 9.17) is 21.3 Å². The van der Waals surface area contributed by atoms with E-state index in [0.717, 1.165) is 24.7 Å². The quantitative estimate of drug-likeness (QED) is 0.809. The third-order valence-corrected chi connectivity index (χ3v) is 5.05. The van der Waals surface area contributed by atoms with Crippen molar-refractivity contribution in [3.63, 3.8) is 0 Å². The van der Waals surface area contributed by atoms with Crippen molar-refractivity contribution in [1.29, 1.82) is 0 Å². The Labute approximate surface area is 132 Å². The summed E-state index contributed by atoms with van der Waals surface area (Å²) in [6.07, 6.45) is 2.48. The summed E-state index contributed by atoms with van der Waals surface area (Å²) in [7, 11) is 0. The average molecular weight is 322 g/mol. The molecule has 2 aromatic heterocycles. The first-order valence-corrected chi connectivity index (χ1v) is 8.50. The van der Waals surface area contributed by atoms with E-state index in [1.807, 2.05) is 6.07 Å². The second kappa shape index (κ2) is 5.55. The first-order chi connectivity index (χ1) is 10.3. The molecule has 1 unspecified atom stereocenters. The number of hydrogen-bond acceptors (Lipinski definition) is 5. The van der Waals surface area contributed by atoms with Crippen molar-refractivity contribution in [2.24, 2.45) is 0 Å². The fourth-order valence-corrected chi connectivity index (χ4v) is 3.56. The maximum atomic E-state index is 6.17. The van der Waals surface area contributed by atoms with E-state index < -0.39 is 0 Å². The number of aromatic nitrogens is 2. The number of halogens is 1. The summed E-state index contributed by atoms with van der Waals surface area (Å²) in [5.74, 6) is 2.34. The highest BCUT2D eigenvalue weighted by atomic mass is 35.5. The van der Waals surface area contributed by atoms with Crippen molar-refractivity contribution in [1.82, 2.24) is 9.97 Å². The number of nitrogens with zero attached hydrogens (tertiary/aromatic N) is 3. The second-order valence-corrected chi connectivity index (χ2v) is 6.87. The summed E-state index contributed by atoms with van der Waals surface area (Å²) in [5.41, 5.74) is 0. The molecule has 1 aliphatic carbocycles. The fourth-order valence-electron chi connectivity index (χ4n) is 2.61. The molecule has 21 heavy (non-hydrogen) atoms. The average Bonchev–Trinajstić information content (AvgIpc) is 3.22. The molecule has 2 aromatic rings. The number of anilines is 1. The Morgan fingerprint density at radius 3 is 3.00 bits per heavy atom.